The zero-order chi connectivity index (χ0) is 21.5. The molecule has 1 heterocycles. The molecular formula is C22H26O8. The topological polar surface area (TPSA) is 107 Å². The van der Waals surface area contributed by atoms with Crippen molar-refractivity contribution in [2.24, 2.45) is 5.92 Å². The number of hydrogen-bond donors (Lipinski definition) is 3. The van der Waals surface area contributed by atoms with Gasteiger partial charge >= 0.3 is 0 Å². The molecule has 3 N–H and O–H groups in total. The molecule has 0 unspecified atom stereocenters. The summed E-state index contributed by atoms with van der Waals surface area (Å²) in [7, 11) is 4.59. The lowest BCUT2D eigenvalue weighted by Crippen LogP contribution is -2.51. The lowest BCUT2D eigenvalue weighted by atomic mass is 9.64. The third-order valence-corrected chi connectivity index (χ3v) is 6.08. The first-order valence-electron chi connectivity index (χ1n) is 9.66. The number of aliphatic hydroxyl groups excluding tert-OH is 2. The molecule has 4 rings (SSSR count). The van der Waals surface area contributed by atoms with Crippen LogP contribution in [0.15, 0.2) is 24.3 Å². The molecule has 2 aromatic carbocycles. The zero-order valence-corrected chi connectivity index (χ0v) is 17.2. The number of hydrogen-bond acceptors (Lipinski definition) is 8. The molecule has 2 aromatic rings. The smallest absolute Gasteiger partial charge is 0.231 e. The fourth-order valence-corrected chi connectivity index (χ4v) is 4.64. The monoisotopic (exact) mass is 418 g/mol. The second-order valence-corrected chi connectivity index (χ2v) is 7.54. The van der Waals surface area contributed by atoms with E-state index in [1.807, 2.05) is 12.1 Å². The standard InChI is InChI=1S/C22H26O8/c1-26-17-7-13-8-22(25,10-24)14(9-23)18(19(13)21(28-3)20(17)27-2)12-4-5-15-16(6-12)30-11-29-15/h4-7,14,18,23-25H,8-11H2,1-3H3/t14-,18-,22-/m1/s1. The highest BCUT2D eigenvalue weighted by Gasteiger charge is 2.49. The van der Waals surface area contributed by atoms with Crippen LogP contribution in [0, 0.1) is 5.92 Å². The first-order valence-corrected chi connectivity index (χ1v) is 9.66. The van der Waals surface area contributed by atoms with Crippen LogP contribution in [0.3, 0.4) is 0 Å². The van der Waals surface area contributed by atoms with E-state index in [9.17, 15) is 15.3 Å². The quantitative estimate of drug-likeness (QED) is 0.647. The summed E-state index contributed by atoms with van der Waals surface area (Å²) in [5.41, 5.74) is 0.768. The number of methoxy groups -OCH3 is 3. The molecule has 0 saturated carbocycles. The minimum atomic E-state index is -1.53. The summed E-state index contributed by atoms with van der Waals surface area (Å²) in [5.74, 6) is 1.38. The number of ether oxygens (including phenoxy) is 5. The van der Waals surface area contributed by atoms with Crippen LogP contribution < -0.4 is 23.7 Å². The summed E-state index contributed by atoms with van der Waals surface area (Å²) in [5, 5.41) is 31.6. The fourth-order valence-electron chi connectivity index (χ4n) is 4.64. The van der Waals surface area contributed by atoms with Crippen LogP contribution in [0.2, 0.25) is 0 Å². The Morgan fingerprint density at radius 3 is 2.37 bits per heavy atom. The van der Waals surface area contributed by atoms with Gasteiger partial charge in [-0.2, -0.15) is 0 Å². The molecule has 162 valence electrons. The maximum Gasteiger partial charge on any atom is 0.231 e. The molecule has 0 amide bonds. The number of fused-ring (bicyclic) bond motifs is 2. The van der Waals surface area contributed by atoms with Gasteiger partial charge in [-0.15, -0.1) is 0 Å². The average molecular weight is 418 g/mol. The van der Waals surface area contributed by atoms with Gasteiger partial charge in [-0.1, -0.05) is 6.07 Å². The summed E-state index contributed by atoms with van der Waals surface area (Å²) in [6, 6.07) is 7.28. The SMILES string of the molecule is COc1cc2c(c(OC)c1OC)[C@H](c1ccc3c(c1)OCO3)[C@@H](CO)[C@](O)(CO)C2. The van der Waals surface area contributed by atoms with E-state index in [1.54, 1.807) is 12.1 Å². The van der Waals surface area contributed by atoms with Gasteiger partial charge < -0.3 is 39.0 Å². The zero-order valence-electron chi connectivity index (χ0n) is 17.2. The Kier molecular flexibility index (Phi) is 5.40. The number of aliphatic hydroxyl groups is 3. The van der Waals surface area contributed by atoms with E-state index >= 15 is 0 Å². The average Bonchev–Trinajstić information content (AvgIpc) is 3.24. The van der Waals surface area contributed by atoms with Crippen LogP contribution >= 0.6 is 0 Å². The van der Waals surface area contributed by atoms with Crippen LogP contribution in [0.25, 0.3) is 0 Å². The second kappa shape index (κ2) is 7.86. The molecular weight excluding hydrogens is 392 g/mol. The third kappa shape index (κ3) is 3.03. The van der Waals surface area contributed by atoms with E-state index < -0.39 is 24.0 Å². The van der Waals surface area contributed by atoms with Gasteiger partial charge in [0.2, 0.25) is 12.5 Å². The summed E-state index contributed by atoms with van der Waals surface area (Å²) in [4.78, 5) is 0. The molecule has 0 radical (unpaired) electrons. The van der Waals surface area contributed by atoms with Crippen molar-refractivity contribution in [2.75, 3.05) is 41.3 Å². The first kappa shape index (κ1) is 20.6. The Labute approximate surface area is 174 Å². The van der Waals surface area contributed by atoms with Crippen LogP contribution in [0.4, 0.5) is 0 Å². The summed E-state index contributed by atoms with van der Waals surface area (Å²) < 4.78 is 27.7. The van der Waals surface area contributed by atoms with Crippen LogP contribution in [0.5, 0.6) is 28.7 Å². The van der Waals surface area contributed by atoms with Gasteiger partial charge in [0.1, 0.15) is 0 Å². The van der Waals surface area contributed by atoms with Crippen LogP contribution in [0.1, 0.15) is 22.6 Å². The Morgan fingerprint density at radius 2 is 1.73 bits per heavy atom. The Bertz CT molecular complexity index is 943. The van der Waals surface area contributed by atoms with Crippen molar-refractivity contribution in [2.45, 2.75) is 17.9 Å². The lowest BCUT2D eigenvalue weighted by molar-refractivity contribution is -0.0877. The largest absolute Gasteiger partial charge is 0.493 e. The molecule has 8 nitrogen and oxygen atoms in total. The maximum absolute atomic E-state index is 11.3. The highest BCUT2D eigenvalue weighted by atomic mass is 16.7. The van der Waals surface area contributed by atoms with E-state index in [-0.39, 0.29) is 19.8 Å². The van der Waals surface area contributed by atoms with Crippen molar-refractivity contribution in [1.82, 2.24) is 0 Å². The number of rotatable bonds is 6. The molecule has 2 aliphatic rings. The normalized spacial score (nSPS) is 24.3. The minimum Gasteiger partial charge on any atom is -0.493 e. The molecule has 0 spiro atoms. The minimum absolute atomic E-state index is 0.127. The lowest BCUT2D eigenvalue weighted by Gasteiger charge is -2.45. The summed E-state index contributed by atoms with van der Waals surface area (Å²) in [6.07, 6.45) is 0.127. The molecule has 8 heteroatoms. The predicted molar refractivity (Wildman–Crippen MR) is 107 cm³/mol. The van der Waals surface area contributed by atoms with Crippen molar-refractivity contribution < 1.29 is 39.0 Å². The third-order valence-electron chi connectivity index (χ3n) is 6.08. The second-order valence-electron chi connectivity index (χ2n) is 7.54. The molecule has 1 aliphatic carbocycles. The fraction of sp³-hybridized carbons (Fsp3) is 0.455. The van der Waals surface area contributed by atoms with Crippen molar-refractivity contribution in [3.63, 3.8) is 0 Å². The van der Waals surface area contributed by atoms with Crippen molar-refractivity contribution >= 4 is 0 Å². The van der Waals surface area contributed by atoms with Gasteiger partial charge in [-0.25, -0.2) is 0 Å². The van der Waals surface area contributed by atoms with E-state index in [2.05, 4.69) is 0 Å². The Morgan fingerprint density at radius 1 is 1.00 bits per heavy atom. The van der Waals surface area contributed by atoms with Gasteiger partial charge in [0, 0.05) is 30.4 Å². The van der Waals surface area contributed by atoms with E-state index in [0.717, 1.165) is 16.7 Å². The highest BCUT2D eigenvalue weighted by Crippen LogP contribution is 2.54. The van der Waals surface area contributed by atoms with Crippen molar-refractivity contribution in [3.05, 3.63) is 41.0 Å². The van der Waals surface area contributed by atoms with Crippen molar-refractivity contribution in [1.29, 1.82) is 0 Å². The van der Waals surface area contributed by atoms with E-state index in [1.165, 1.54) is 21.3 Å². The predicted octanol–water partition coefficient (Wildman–Crippen LogP) is 1.46. The molecule has 0 fully saturated rings. The van der Waals surface area contributed by atoms with E-state index in [0.29, 0.717) is 28.7 Å². The van der Waals surface area contributed by atoms with Crippen LogP contribution in [-0.4, -0.2) is 62.3 Å². The number of benzene rings is 2. The van der Waals surface area contributed by atoms with Gasteiger partial charge in [-0.3, -0.25) is 0 Å². The summed E-state index contributed by atoms with van der Waals surface area (Å²) in [6.45, 7) is -0.707. The molecule has 1 aliphatic heterocycles. The molecule has 0 aromatic heterocycles. The van der Waals surface area contributed by atoms with Gasteiger partial charge in [0.15, 0.2) is 23.0 Å². The van der Waals surface area contributed by atoms with Gasteiger partial charge in [0.05, 0.1) is 33.5 Å². The van der Waals surface area contributed by atoms with Gasteiger partial charge in [-0.05, 0) is 29.3 Å². The molecule has 0 bridgehead atoms. The highest BCUT2D eigenvalue weighted by molar-refractivity contribution is 5.64. The molecule has 0 saturated heterocycles. The van der Waals surface area contributed by atoms with E-state index in [4.69, 9.17) is 23.7 Å². The summed E-state index contributed by atoms with van der Waals surface area (Å²) >= 11 is 0. The molecule has 30 heavy (non-hydrogen) atoms. The maximum atomic E-state index is 11.3. The van der Waals surface area contributed by atoms with Gasteiger partial charge in [0.25, 0.3) is 0 Å². The Hall–Kier alpha value is -2.68. The van der Waals surface area contributed by atoms with Crippen molar-refractivity contribution in [3.8, 4) is 28.7 Å². The van der Waals surface area contributed by atoms with Crippen LogP contribution in [-0.2, 0) is 6.42 Å². The Balaban J connectivity index is 2.00. The first-order chi connectivity index (χ1) is 14.5. The molecule has 3 atom stereocenters.